The molecule has 0 atom stereocenters. The van der Waals surface area contributed by atoms with Gasteiger partial charge < -0.3 is 10.2 Å². The summed E-state index contributed by atoms with van der Waals surface area (Å²) in [6.07, 6.45) is 0. The molecule has 0 saturated heterocycles. The summed E-state index contributed by atoms with van der Waals surface area (Å²) in [5.41, 5.74) is 0.0347. The zero-order valence-corrected chi connectivity index (χ0v) is 5.07. The van der Waals surface area contributed by atoms with Crippen LogP contribution in [-0.2, 0) is 0 Å². The summed E-state index contributed by atoms with van der Waals surface area (Å²) in [5, 5.41) is 18.9. The molecular formula is C7H5O3-. The summed E-state index contributed by atoms with van der Waals surface area (Å²) in [7, 11) is 0. The molecule has 0 aromatic heterocycles. The first-order valence-electron chi connectivity index (χ1n) is 2.70. The van der Waals surface area contributed by atoms with Crippen LogP contribution in [0.2, 0.25) is 0 Å². The Balaban J connectivity index is 3.07. The van der Waals surface area contributed by atoms with Gasteiger partial charge in [0.1, 0.15) is 0 Å². The van der Waals surface area contributed by atoms with Crippen LogP contribution >= 0.6 is 0 Å². The predicted molar refractivity (Wildman–Crippen MR) is 32.8 cm³/mol. The molecule has 0 bridgehead atoms. The highest BCUT2D eigenvalue weighted by atomic mass is 16.4. The van der Waals surface area contributed by atoms with Crippen LogP contribution < -0.4 is 5.11 Å². The lowest BCUT2D eigenvalue weighted by molar-refractivity contribution is -0.268. The lowest BCUT2D eigenvalue weighted by Gasteiger charge is -2.03. The van der Waals surface area contributed by atoms with Crippen molar-refractivity contribution in [1.82, 2.24) is 0 Å². The number of hydrogen-bond donors (Lipinski definition) is 1. The van der Waals surface area contributed by atoms with E-state index in [1.165, 1.54) is 18.2 Å². The average molecular weight is 137 g/mol. The summed E-state index contributed by atoms with van der Waals surface area (Å²) in [5.74, 6) is -1.35. The van der Waals surface area contributed by atoms with Crippen LogP contribution in [0.3, 0.4) is 0 Å². The van der Waals surface area contributed by atoms with Crippen molar-refractivity contribution in [2.45, 2.75) is 0 Å². The van der Waals surface area contributed by atoms with Gasteiger partial charge in [-0.15, -0.1) is 5.75 Å². The molecule has 0 fully saturated rings. The summed E-state index contributed by atoms with van der Waals surface area (Å²) in [6, 6.07) is 5.20. The van der Waals surface area contributed by atoms with Crippen molar-refractivity contribution >= 4 is 5.97 Å². The zero-order chi connectivity index (χ0) is 7.56. The molecule has 0 aliphatic carbocycles. The lowest BCUT2D eigenvalue weighted by Crippen LogP contribution is -1.97. The third-order valence-electron chi connectivity index (χ3n) is 1.08. The van der Waals surface area contributed by atoms with Gasteiger partial charge in [-0.1, -0.05) is 18.2 Å². The average Bonchev–Trinajstić information content (AvgIpc) is 1.88. The Hall–Kier alpha value is -1.51. The molecule has 0 spiro atoms. The van der Waals surface area contributed by atoms with Crippen LogP contribution in [0.1, 0.15) is 10.4 Å². The van der Waals surface area contributed by atoms with Gasteiger partial charge in [0.05, 0.1) is 5.56 Å². The Kier molecular flexibility index (Phi) is 1.58. The second kappa shape index (κ2) is 2.39. The molecule has 0 saturated carbocycles. The van der Waals surface area contributed by atoms with E-state index in [-0.39, 0.29) is 11.3 Å². The fourth-order valence-electron chi connectivity index (χ4n) is 0.629. The number of aromatic carboxylic acids is 1. The molecule has 0 aliphatic rings. The number of carboxylic acids is 1. The van der Waals surface area contributed by atoms with E-state index in [4.69, 9.17) is 5.11 Å². The normalized spacial score (nSPS) is 9.20. The first kappa shape index (κ1) is 6.61. The molecule has 1 N–H and O–H groups in total. The maximum absolute atomic E-state index is 10.5. The molecule has 0 unspecified atom stereocenters. The van der Waals surface area contributed by atoms with Crippen LogP contribution in [-0.4, -0.2) is 11.1 Å². The van der Waals surface area contributed by atoms with Crippen LogP contribution in [0.4, 0.5) is 0 Å². The van der Waals surface area contributed by atoms with Gasteiger partial charge in [-0.25, -0.2) is 4.79 Å². The molecule has 0 heterocycles. The molecular weight excluding hydrogens is 132 g/mol. The van der Waals surface area contributed by atoms with Crippen LogP contribution in [0, 0.1) is 0 Å². The smallest absolute Gasteiger partial charge is 0.335 e. The summed E-state index contributed by atoms with van der Waals surface area (Å²) >= 11 is 0. The highest BCUT2D eigenvalue weighted by Gasteiger charge is 1.97. The van der Waals surface area contributed by atoms with Crippen LogP contribution in [0.25, 0.3) is 0 Å². The van der Waals surface area contributed by atoms with Gasteiger partial charge in [0.2, 0.25) is 0 Å². The van der Waals surface area contributed by atoms with E-state index < -0.39 is 5.97 Å². The van der Waals surface area contributed by atoms with E-state index in [1.807, 2.05) is 0 Å². The van der Waals surface area contributed by atoms with Crippen molar-refractivity contribution in [3.8, 4) is 5.75 Å². The van der Waals surface area contributed by atoms with E-state index in [1.54, 1.807) is 0 Å². The molecule has 3 nitrogen and oxygen atoms in total. The molecule has 1 aromatic carbocycles. The minimum Gasteiger partial charge on any atom is -0.872 e. The van der Waals surface area contributed by atoms with Crippen molar-refractivity contribution in [1.29, 1.82) is 0 Å². The standard InChI is InChI=1S/C7H6O3/c8-6-3-1-2-5(4-6)7(9)10/h1-4,8H,(H,9,10)/p-1. The molecule has 1 rings (SSSR count). The first-order valence-corrected chi connectivity index (χ1v) is 2.70. The van der Waals surface area contributed by atoms with Gasteiger partial charge in [-0.05, 0) is 6.07 Å². The van der Waals surface area contributed by atoms with Crippen molar-refractivity contribution in [2.75, 3.05) is 0 Å². The molecule has 0 radical (unpaired) electrons. The van der Waals surface area contributed by atoms with Gasteiger partial charge in [0.25, 0.3) is 0 Å². The van der Waals surface area contributed by atoms with Crippen LogP contribution in [0.5, 0.6) is 5.75 Å². The predicted octanol–water partition coefficient (Wildman–Crippen LogP) is 0.458. The van der Waals surface area contributed by atoms with Gasteiger partial charge in [-0.3, -0.25) is 0 Å². The zero-order valence-electron chi connectivity index (χ0n) is 5.07. The lowest BCUT2D eigenvalue weighted by atomic mass is 10.2. The monoisotopic (exact) mass is 137 g/mol. The van der Waals surface area contributed by atoms with Gasteiger partial charge in [0, 0.05) is 0 Å². The fraction of sp³-hybridized carbons (Fsp3) is 0. The van der Waals surface area contributed by atoms with Crippen molar-refractivity contribution in [3.05, 3.63) is 29.8 Å². The minimum absolute atomic E-state index is 0.0347. The SMILES string of the molecule is O=C(O)c1cccc([O-])c1. The molecule has 0 amide bonds. The molecule has 10 heavy (non-hydrogen) atoms. The Labute approximate surface area is 57.5 Å². The number of benzene rings is 1. The molecule has 3 heteroatoms. The van der Waals surface area contributed by atoms with Gasteiger partial charge >= 0.3 is 5.97 Å². The largest absolute Gasteiger partial charge is 0.872 e. The highest BCUT2D eigenvalue weighted by Crippen LogP contribution is 2.06. The van der Waals surface area contributed by atoms with Gasteiger partial charge in [-0.2, -0.15) is 0 Å². The summed E-state index contributed by atoms with van der Waals surface area (Å²) < 4.78 is 0. The fourth-order valence-corrected chi connectivity index (χ4v) is 0.629. The maximum atomic E-state index is 10.5. The molecule has 0 aliphatic heterocycles. The number of carbonyl (C=O) groups is 1. The quantitative estimate of drug-likeness (QED) is 0.611. The van der Waals surface area contributed by atoms with Crippen LogP contribution in [0.15, 0.2) is 24.3 Å². The minimum atomic E-state index is -1.07. The number of hydrogen-bond acceptors (Lipinski definition) is 2. The third-order valence-corrected chi connectivity index (χ3v) is 1.08. The van der Waals surface area contributed by atoms with E-state index in [0.29, 0.717) is 0 Å². The second-order valence-corrected chi connectivity index (χ2v) is 1.83. The van der Waals surface area contributed by atoms with E-state index in [0.717, 1.165) is 6.07 Å². The number of rotatable bonds is 1. The first-order chi connectivity index (χ1) is 4.70. The Morgan fingerprint density at radius 1 is 1.50 bits per heavy atom. The highest BCUT2D eigenvalue weighted by molar-refractivity contribution is 5.87. The molecule has 52 valence electrons. The Morgan fingerprint density at radius 3 is 2.60 bits per heavy atom. The second-order valence-electron chi connectivity index (χ2n) is 1.83. The molecule has 1 aromatic rings. The Bertz CT molecular complexity index is 255. The third kappa shape index (κ3) is 1.25. The van der Waals surface area contributed by atoms with Crippen molar-refractivity contribution in [2.24, 2.45) is 0 Å². The topological polar surface area (TPSA) is 60.4 Å². The summed E-state index contributed by atoms with van der Waals surface area (Å²) in [4.78, 5) is 10.2. The van der Waals surface area contributed by atoms with E-state index in [9.17, 15) is 9.90 Å². The summed E-state index contributed by atoms with van der Waals surface area (Å²) in [6.45, 7) is 0. The number of carboxylic acid groups (broad SMARTS) is 1. The van der Waals surface area contributed by atoms with E-state index in [2.05, 4.69) is 0 Å². The Morgan fingerprint density at radius 2 is 2.20 bits per heavy atom. The van der Waals surface area contributed by atoms with Crippen molar-refractivity contribution < 1.29 is 15.0 Å². The maximum Gasteiger partial charge on any atom is 0.335 e. The van der Waals surface area contributed by atoms with Gasteiger partial charge in [0.15, 0.2) is 0 Å². The van der Waals surface area contributed by atoms with Crippen molar-refractivity contribution in [3.63, 3.8) is 0 Å². The van der Waals surface area contributed by atoms with E-state index >= 15 is 0 Å².